The van der Waals surface area contributed by atoms with Crippen LogP contribution in [0.15, 0.2) is 10.6 Å². The number of ether oxygens (including phenoxy) is 1. The van der Waals surface area contributed by atoms with Crippen LogP contribution in [0.5, 0.6) is 0 Å². The van der Waals surface area contributed by atoms with Crippen LogP contribution in [-0.2, 0) is 11.3 Å². The van der Waals surface area contributed by atoms with Gasteiger partial charge in [-0.1, -0.05) is 12.1 Å². The molecule has 1 atom stereocenters. The van der Waals surface area contributed by atoms with Gasteiger partial charge in [-0.3, -0.25) is 0 Å². The van der Waals surface area contributed by atoms with Crippen molar-refractivity contribution in [1.82, 2.24) is 10.5 Å². The third-order valence-corrected chi connectivity index (χ3v) is 3.84. The van der Waals surface area contributed by atoms with Crippen molar-refractivity contribution in [3.8, 4) is 0 Å². The molecule has 5 heteroatoms. The van der Waals surface area contributed by atoms with E-state index in [2.05, 4.69) is 17.4 Å². The molecule has 1 aromatic rings. The first kappa shape index (κ1) is 15.5. The minimum absolute atomic E-state index is 0.331. The number of aryl methyl sites for hydroxylation is 1. The summed E-state index contributed by atoms with van der Waals surface area (Å²) in [5, 5.41) is 16.8. The van der Waals surface area contributed by atoms with Crippen LogP contribution in [-0.4, -0.2) is 35.6 Å². The van der Waals surface area contributed by atoms with E-state index in [-0.39, 0.29) is 0 Å². The Bertz CT molecular complexity index is 386. The molecule has 20 heavy (non-hydrogen) atoms. The molecule has 1 saturated carbocycles. The molecule has 114 valence electrons. The SMILES string of the molecule is Cc1cc(CNCC(O)COC2CCC(C)CC2)on1. The van der Waals surface area contributed by atoms with Gasteiger partial charge in [0.2, 0.25) is 0 Å². The zero-order valence-corrected chi connectivity index (χ0v) is 12.5. The van der Waals surface area contributed by atoms with Gasteiger partial charge in [-0.05, 0) is 38.5 Å². The van der Waals surface area contributed by atoms with E-state index >= 15 is 0 Å². The van der Waals surface area contributed by atoms with E-state index < -0.39 is 6.10 Å². The number of nitrogens with zero attached hydrogens (tertiary/aromatic N) is 1. The third-order valence-electron chi connectivity index (χ3n) is 3.84. The summed E-state index contributed by atoms with van der Waals surface area (Å²) in [6, 6.07) is 1.89. The molecule has 0 aromatic carbocycles. The third kappa shape index (κ3) is 5.23. The molecule has 1 heterocycles. The van der Waals surface area contributed by atoms with Crippen LogP contribution in [0, 0.1) is 12.8 Å². The molecule has 0 saturated heterocycles. The highest BCUT2D eigenvalue weighted by Gasteiger charge is 2.19. The molecule has 1 aromatic heterocycles. The zero-order valence-electron chi connectivity index (χ0n) is 12.5. The quantitative estimate of drug-likeness (QED) is 0.801. The van der Waals surface area contributed by atoms with Crippen LogP contribution in [0.2, 0.25) is 0 Å². The molecular formula is C15H26N2O3. The molecule has 1 unspecified atom stereocenters. The van der Waals surface area contributed by atoms with Gasteiger partial charge >= 0.3 is 0 Å². The predicted molar refractivity (Wildman–Crippen MR) is 76.3 cm³/mol. The second-order valence-electron chi connectivity index (χ2n) is 5.93. The second kappa shape index (κ2) is 7.76. The van der Waals surface area contributed by atoms with Gasteiger partial charge in [-0.25, -0.2) is 0 Å². The molecular weight excluding hydrogens is 256 g/mol. The Morgan fingerprint density at radius 1 is 1.45 bits per heavy atom. The Morgan fingerprint density at radius 3 is 2.85 bits per heavy atom. The summed E-state index contributed by atoms with van der Waals surface area (Å²) in [5.41, 5.74) is 0.872. The highest BCUT2D eigenvalue weighted by atomic mass is 16.5. The topological polar surface area (TPSA) is 67.5 Å². The number of aromatic nitrogens is 1. The summed E-state index contributed by atoms with van der Waals surface area (Å²) in [7, 11) is 0. The predicted octanol–water partition coefficient (Wildman–Crippen LogP) is 2.03. The molecule has 5 nitrogen and oxygen atoms in total. The minimum Gasteiger partial charge on any atom is -0.389 e. The molecule has 0 spiro atoms. The molecule has 0 aliphatic heterocycles. The summed E-state index contributed by atoms with van der Waals surface area (Å²) < 4.78 is 10.9. The van der Waals surface area contributed by atoms with E-state index in [9.17, 15) is 5.11 Å². The molecule has 0 amide bonds. The Kier molecular flexibility index (Phi) is 6.01. The van der Waals surface area contributed by atoms with E-state index in [4.69, 9.17) is 9.26 Å². The first-order chi connectivity index (χ1) is 9.63. The average Bonchev–Trinajstić information content (AvgIpc) is 2.84. The van der Waals surface area contributed by atoms with Crippen molar-refractivity contribution in [1.29, 1.82) is 0 Å². The fraction of sp³-hybridized carbons (Fsp3) is 0.800. The van der Waals surface area contributed by atoms with E-state index in [1.165, 1.54) is 12.8 Å². The zero-order chi connectivity index (χ0) is 14.4. The van der Waals surface area contributed by atoms with Gasteiger partial charge in [0.15, 0.2) is 5.76 Å². The molecule has 1 aliphatic carbocycles. The first-order valence-corrected chi connectivity index (χ1v) is 7.56. The van der Waals surface area contributed by atoms with Crippen molar-refractivity contribution in [2.24, 2.45) is 5.92 Å². The van der Waals surface area contributed by atoms with Crippen LogP contribution < -0.4 is 5.32 Å². The van der Waals surface area contributed by atoms with Crippen molar-refractivity contribution in [2.45, 2.75) is 58.3 Å². The second-order valence-corrected chi connectivity index (χ2v) is 5.93. The number of aliphatic hydroxyl groups is 1. The molecule has 2 N–H and O–H groups in total. The van der Waals surface area contributed by atoms with Gasteiger partial charge in [-0.2, -0.15) is 0 Å². The highest BCUT2D eigenvalue weighted by molar-refractivity contribution is 5.02. The molecule has 2 rings (SSSR count). The molecule has 1 aliphatic rings. The maximum absolute atomic E-state index is 9.88. The van der Waals surface area contributed by atoms with Crippen molar-refractivity contribution < 1.29 is 14.4 Å². The lowest BCUT2D eigenvalue weighted by atomic mass is 9.89. The van der Waals surface area contributed by atoms with Crippen LogP contribution in [0.1, 0.15) is 44.1 Å². The van der Waals surface area contributed by atoms with Crippen molar-refractivity contribution in [3.05, 3.63) is 17.5 Å². The highest BCUT2D eigenvalue weighted by Crippen LogP contribution is 2.25. The fourth-order valence-corrected chi connectivity index (χ4v) is 2.56. The fourth-order valence-electron chi connectivity index (χ4n) is 2.56. The summed E-state index contributed by atoms with van der Waals surface area (Å²) in [5.74, 6) is 1.61. The normalized spacial score (nSPS) is 24.8. The standard InChI is InChI=1S/C15H26N2O3/c1-11-3-5-14(6-4-11)19-10-13(18)8-16-9-15-7-12(2)17-20-15/h7,11,13-14,16,18H,3-6,8-10H2,1-2H3. The van der Waals surface area contributed by atoms with Gasteiger partial charge in [0.05, 0.1) is 31.1 Å². The Morgan fingerprint density at radius 2 is 2.20 bits per heavy atom. The number of hydrogen-bond donors (Lipinski definition) is 2. The Hall–Kier alpha value is -0.910. The number of hydrogen-bond acceptors (Lipinski definition) is 5. The lowest BCUT2D eigenvalue weighted by Gasteiger charge is -2.27. The number of rotatable bonds is 7. The van der Waals surface area contributed by atoms with Crippen LogP contribution in [0.4, 0.5) is 0 Å². The summed E-state index contributed by atoms with van der Waals surface area (Å²) in [6.45, 7) is 5.67. The first-order valence-electron chi connectivity index (χ1n) is 7.56. The van der Waals surface area contributed by atoms with Crippen LogP contribution >= 0.6 is 0 Å². The maximum Gasteiger partial charge on any atom is 0.150 e. The lowest BCUT2D eigenvalue weighted by molar-refractivity contribution is -0.0279. The largest absolute Gasteiger partial charge is 0.389 e. The summed E-state index contributed by atoms with van der Waals surface area (Å²) >= 11 is 0. The van der Waals surface area contributed by atoms with Gasteiger partial charge in [0.1, 0.15) is 0 Å². The average molecular weight is 282 g/mol. The van der Waals surface area contributed by atoms with Crippen molar-refractivity contribution in [3.63, 3.8) is 0 Å². The van der Waals surface area contributed by atoms with Gasteiger partial charge in [-0.15, -0.1) is 0 Å². The monoisotopic (exact) mass is 282 g/mol. The van der Waals surface area contributed by atoms with E-state index in [1.54, 1.807) is 0 Å². The van der Waals surface area contributed by atoms with Crippen molar-refractivity contribution in [2.75, 3.05) is 13.2 Å². The van der Waals surface area contributed by atoms with E-state index in [0.29, 0.717) is 25.8 Å². The Balaban J connectivity index is 1.55. The summed E-state index contributed by atoms with van der Waals surface area (Å²) in [6.07, 6.45) is 4.58. The van der Waals surface area contributed by atoms with E-state index in [0.717, 1.165) is 30.2 Å². The summed E-state index contributed by atoms with van der Waals surface area (Å²) in [4.78, 5) is 0. The minimum atomic E-state index is -0.474. The smallest absolute Gasteiger partial charge is 0.150 e. The molecule has 0 radical (unpaired) electrons. The van der Waals surface area contributed by atoms with Crippen molar-refractivity contribution >= 4 is 0 Å². The molecule has 1 fully saturated rings. The van der Waals surface area contributed by atoms with Gasteiger partial charge in [0.25, 0.3) is 0 Å². The van der Waals surface area contributed by atoms with Gasteiger partial charge in [0, 0.05) is 12.6 Å². The number of nitrogens with one attached hydrogen (secondary N) is 1. The van der Waals surface area contributed by atoms with E-state index in [1.807, 2.05) is 13.0 Å². The van der Waals surface area contributed by atoms with Gasteiger partial charge < -0.3 is 19.7 Å². The maximum atomic E-state index is 9.88. The lowest BCUT2D eigenvalue weighted by Crippen LogP contribution is -2.32. The number of aliphatic hydroxyl groups excluding tert-OH is 1. The molecule has 0 bridgehead atoms. The Labute approximate surface area is 120 Å². The van der Waals surface area contributed by atoms with Crippen LogP contribution in [0.3, 0.4) is 0 Å². The van der Waals surface area contributed by atoms with Crippen LogP contribution in [0.25, 0.3) is 0 Å².